The summed E-state index contributed by atoms with van der Waals surface area (Å²) in [5, 5.41) is 7.32. The number of nitrogens with one attached hydrogen (secondary N) is 2. The Morgan fingerprint density at radius 1 is 1.06 bits per heavy atom. The second-order valence-electron chi connectivity index (χ2n) is 7.74. The van der Waals surface area contributed by atoms with Crippen molar-refractivity contribution in [3.63, 3.8) is 0 Å². The first-order valence-corrected chi connectivity index (χ1v) is 10.9. The lowest BCUT2D eigenvalue weighted by molar-refractivity contribution is -0.123. The minimum absolute atomic E-state index is 0.0176. The van der Waals surface area contributed by atoms with Gasteiger partial charge in [-0.3, -0.25) is 9.59 Å². The molecule has 0 saturated carbocycles. The lowest BCUT2D eigenvalue weighted by Gasteiger charge is -2.20. The second-order valence-corrected chi connectivity index (χ2v) is 8.18. The van der Waals surface area contributed by atoms with E-state index in [1.54, 1.807) is 36.4 Å². The molecular formula is C24H30ClN3O4. The standard InChI is InChI=1S/C24H30ClN3O4/c1-6-31-21-13-17(7-12-20(21)32-16(4)5)14-26-28-24(30)22(15(2)3)27-23(29)18-8-10-19(25)11-9-18/h7-16,22H,6H2,1-5H3,(H,27,29)(H,28,30)/b26-14+. The fraction of sp³-hybridized carbons (Fsp3) is 0.375. The van der Waals surface area contributed by atoms with E-state index in [2.05, 4.69) is 15.8 Å². The highest BCUT2D eigenvalue weighted by Gasteiger charge is 2.24. The number of rotatable bonds is 10. The molecular weight excluding hydrogens is 430 g/mol. The fourth-order valence-electron chi connectivity index (χ4n) is 2.83. The average Bonchev–Trinajstić information content (AvgIpc) is 2.73. The van der Waals surface area contributed by atoms with E-state index >= 15 is 0 Å². The maximum absolute atomic E-state index is 12.6. The van der Waals surface area contributed by atoms with Crippen molar-refractivity contribution in [1.82, 2.24) is 10.7 Å². The van der Waals surface area contributed by atoms with Crippen molar-refractivity contribution in [1.29, 1.82) is 0 Å². The molecule has 172 valence electrons. The van der Waals surface area contributed by atoms with Crippen molar-refractivity contribution >= 4 is 29.6 Å². The molecule has 0 aliphatic carbocycles. The number of hydrazone groups is 1. The minimum Gasteiger partial charge on any atom is -0.490 e. The molecule has 8 heteroatoms. The van der Waals surface area contributed by atoms with Gasteiger partial charge in [0.25, 0.3) is 11.8 Å². The van der Waals surface area contributed by atoms with Crippen LogP contribution in [-0.2, 0) is 4.79 Å². The molecule has 7 nitrogen and oxygen atoms in total. The first kappa shape index (κ1) is 25.2. The number of carbonyl (C=O) groups excluding carboxylic acids is 2. The highest BCUT2D eigenvalue weighted by atomic mass is 35.5. The van der Waals surface area contributed by atoms with Gasteiger partial charge in [-0.15, -0.1) is 0 Å². The molecule has 1 unspecified atom stereocenters. The molecule has 1 atom stereocenters. The van der Waals surface area contributed by atoms with E-state index in [4.69, 9.17) is 21.1 Å². The van der Waals surface area contributed by atoms with E-state index < -0.39 is 11.9 Å². The number of benzene rings is 2. The zero-order valence-corrected chi connectivity index (χ0v) is 19.8. The third-order valence-electron chi connectivity index (χ3n) is 4.36. The number of hydrogen-bond donors (Lipinski definition) is 2. The zero-order chi connectivity index (χ0) is 23.7. The molecule has 2 amide bonds. The normalized spacial score (nSPS) is 12.1. The van der Waals surface area contributed by atoms with E-state index in [1.807, 2.05) is 40.7 Å². The van der Waals surface area contributed by atoms with Gasteiger partial charge in [0.05, 0.1) is 18.9 Å². The summed E-state index contributed by atoms with van der Waals surface area (Å²) in [5.74, 6) is 0.336. The van der Waals surface area contributed by atoms with Crippen molar-refractivity contribution < 1.29 is 19.1 Å². The molecule has 2 aromatic rings. The summed E-state index contributed by atoms with van der Waals surface area (Å²) in [6.45, 7) is 9.96. The van der Waals surface area contributed by atoms with Gasteiger partial charge in [-0.1, -0.05) is 25.4 Å². The van der Waals surface area contributed by atoms with Crippen LogP contribution in [0.2, 0.25) is 5.02 Å². The Hall–Kier alpha value is -3.06. The molecule has 2 rings (SSSR count). The van der Waals surface area contributed by atoms with Gasteiger partial charge in [0.2, 0.25) is 0 Å². The number of carbonyl (C=O) groups is 2. The Bertz CT molecular complexity index is 943. The molecule has 2 N–H and O–H groups in total. The molecule has 0 fully saturated rings. The predicted octanol–water partition coefficient (Wildman–Crippen LogP) is 4.43. The van der Waals surface area contributed by atoms with Crippen LogP contribution in [0.5, 0.6) is 11.5 Å². The van der Waals surface area contributed by atoms with Crippen molar-refractivity contribution in [2.45, 2.75) is 46.8 Å². The number of nitrogens with zero attached hydrogens (tertiary/aromatic N) is 1. The SMILES string of the molecule is CCOc1cc(/C=N/NC(=O)C(NC(=O)c2ccc(Cl)cc2)C(C)C)ccc1OC(C)C. The van der Waals surface area contributed by atoms with Crippen LogP contribution in [0.25, 0.3) is 0 Å². The Balaban J connectivity index is 2.05. The first-order chi connectivity index (χ1) is 15.2. The molecule has 0 bridgehead atoms. The van der Waals surface area contributed by atoms with Gasteiger partial charge in [-0.05, 0) is 74.7 Å². The maximum atomic E-state index is 12.6. The first-order valence-electron chi connectivity index (χ1n) is 10.5. The van der Waals surface area contributed by atoms with Gasteiger partial charge in [0, 0.05) is 10.6 Å². The Labute approximate surface area is 194 Å². The van der Waals surface area contributed by atoms with Crippen LogP contribution in [0.1, 0.15) is 50.5 Å². The van der Waals surface area contributed by atoms with Crippen molar-refractivity contribution in [3.8, 4) is 11.5 Å². The Morgan fingerprint density at radius 3 is 2.34 bits per heavy atom. The van der Waals surface area contributed by atoms with Gasteiger partial charge >= 0.3 is 0 Å². The molecule has 2 aromatic carbocycles. The van der Waals surface area contributed by atoms with Crippen LogP contribution in [0.3, 0.4) is 0 Å². The van der Waals surface area contributed by atoms with E-state index in [0.29, 0.717) is 28.7 Å². The molecule has 0 aliphatic rings. The second kappa shape index (κ2) is 12.1. The van der Waals surface area contributed by atoms with Gasteiger partial charge in [0.15, 0.2) is 11.5 Å². The van der Waals surface area contributed by atoms with Gasteiger partial charge in [-0.25, -0.2) is 5.43 Å². The van der Waals surface area contributed by atoms with Crippen LogP contribution in [0.4, 0.5) is 0 Å². The summed E-state index contributed by atoms with van der Waals surface area (Å²) in [6.07, 6.45) is 1.53. The smallest absolute Gasteiger partial charge is 0.262 e. The number of hydrogen-bond acceptors (Lipinski definition) is 5. The minimum atomic E-state index is -0.754. The summed E-state index contributed by atoms with van der Waals surface area (Å²) in [7, 11) is 0. The van der Waals surface area contributed by atoms with Crippen LogP contribution in [0.15, 0.2) is 47.6 Å². The van der Waals surface area contributed by atoms with Crippen molar-refractivity contribution in [2.24, 2.45) is 11.0 Å². The summed E-state index contributed by atoms with van der Waals surface area (Å²) >= 11 is 5.86. The third-order valence-corrected chi connectivity index (χ3v) is 4.61. The Kier molecular flexibility index (Phi) is 9.53. The summed E-state index contributed by atoms with van der Waals surface area (Å²) in [5.41, 5.74) is 3.65. The maximum Gasteiger partial charge on any atom is 0.262 e. The fourth-order valence-corrected chi connectivity index (χ4v) is 2.95. The highest BCUT2D eigenvalue weighted by Crippen LogP contribution is 2.29. The van der Waals surface area contributed by atoms with Crippen molar-refractivity contribution in [3.05, 3.63) is 58.6 Å². The lowest BCUT2D eigenvalue weighted by atomic mass is 10.0. The third kappa shape index (κ3) is 7.57. The van der Waals surface area contributed by atoms with Crippen LogP contribution in [0, 0.1) is 5.92 Å². The Morgan fingerprint density at radius 2 is 1.75 bits per heavy atom. The van der Waals surface area contributed by atoms with Crippen molar-refractivity contribution in [2.75, 3.05) is 6.61 Å². The lowest BCUT2D eigenvalue weighted by Crippen LogP contribution is -2.48. The molecule has 0 aromatic heterocycles. The monoisotopic (exact) mass is 459 g/mol. The van der Waals surface area contributed by atoms with E-state index in [1.165, 1.54) is 6.21 Å². The molecule has 0 saturated heterocycles. The van der Waals surface area contributed by atoms with Crippen LogP contribution in [-0.4, -0.2) is 36.8 Å². The quantitative estimate of drug-likeness (QED) is 0.406. The molecule has 0 heterocycles. The van der Waals surface area contributed by atoms with Gasteiger partial charge in [0.1, 0.15) is 6.04 Å². The van der Waals surface area contributed by atoms with E-state index in [-0.39, 0.29) is 17.9 Å². The topological polar surface area (TPSA) is 89.0 Å². The zero-order valence-electron chi connectivity index (χ0n) is 19.0. The van der Waals surface area contributed by atoms with E-state index in [9.17, 15) is 9.59 Å². The number of amides is 2. The number of halogens is 1. The molecule has 0 aliphatic heterocycles. The molecule has 0 radical (unpaired) electrons. The predicted molar refractivity (Wildman–Crippen MR) is 127 cm³/mol. The molecule has 32 heavy (non-hydrogen) atoms. The highest BCUT2D eigenvalue weighted by molar-refractivity contribution is 6.30. The molecule has 0 spiro atoms. The van der Waals surface area contributed by atoms with Gasteiger partial charge < -0.3 is 14.8 Å². The summed E-state index contributed by atoms with van der Waals surface area (Å²) < 4.78 is 11.4. The van der Waals surface area contributed by atoms with Crippen LogP contribution < -0.4 is 20.2 Å². The number of ether oxygens (including phenoxy) is 2. The van der Waals surface area contributed by atoms with E-state index in [0.717, 1.165) is 5.56 Å². The summed E-state index contributed by atoms with van der Waals surface area (Å²) in [4.78, 5) is 25.1. The van der Waals surface area contributed by atoms with Gasteiger partial charge in [-0.2, -0.15) is 5.10 Å². The summed E-state index contributed by atoms with van der Waals surface area (Å²) in [6, 6.07) is 11.1. The van der Waals surface area contributed by atoms with Crippen LogP contribution >= 0.6 is 11.6 Å². The largest absolute Gasteiger partial charge is 0.490 e. The average molecular weight is 460 g/mol.